The van der Waals surface area contributed by atoms with Crippen molar-refractivity contribution in [2.45, 2.75) is 11.4 Å². The van der Waals surface area contributed by atoms with Gasteiger partial charge in [-0.2, -0.15) is 0 Å². The Morgan fingerprint density at radius 3 is 2.61 bits per heavy atom. The fourth-order valence-electron chi connectivity index (χ4n) is 1.82. The molecule has 1 aliphatic rings. The van der Waals surface area contributed by atoms with Crippen molar-refractivity contribution in [3.8, 4) is 0 Å². The Hall–Kier alpha value is -0.690. The van der Waals surface area contributed by atoms with Crippen LogP contribution in [0.2, 0.25) is 0 Å². The average molecular weight is 294 g/mol. The molecule has 1 aromatic rings. The van der Waals surface area contributed by atoms with Crippen molar-refractivity contribution in [2.24, 2.45) is 0 Å². The molecule has 2 rings (SSSR count). The Morgan fingerprint density at radius 1 is 1.33 bits per heavy atom. The molecule has 7 heteroatoms. The van der Waals surface area contributed by atoms with Gasteiger partial charge in [0.25, 0.3) is 9.05 Å². The quantitative estimate of drug-likeness (QED) is 0.794. The molecule has 4 nitrogen and oxygen atoms in total. The predicted molar refractivity (Wildman–Crippen MR) is 65.5 cm³/mol. The van der Waals surface area contributed by atoms with Crippen LogP contribution in [0.3, 0.4) is 0 Å². The van der Waals surface area contributed by atoms with Crippen LogP contribution in [-0.4, -0.2) is 39.6 Å². The van der Waals surface area contributed by atoms with Gasteiger partial charge in [-0.05, 0) is 18.2 Å². The highest BCUT2D eigenvalue weighted by Crippen LogP contribution is 2.20. The highest BCUT2D eigenvalue weighted by molar-refractivity contribution is 8.13. The van der Waals surface area contributed by atoms with Crippen molar-refractivity contribution in [2.75, 3.05) is 26.3 Å². The van der Waals surface area contributed by atoms with Crippen molar-refractivity contribution in [3.63, 3.8) is 0 Å². The van der Waals surface area contributed by atoms with Crippen LogP contribution in [0.25, 0.3) is 0 Å². The second-order valence-corrected chi connectivity index (χ2v) is 6.65. The second-order valence-electron chi connectivity index (χ2n) is 4.08. The Labute approximate surface area is 110 Å². The van der Waals surface area contributed by atoms with Gasteiger partial charge in [-0.1, -0.05) is 0 Å². The first kappa shape index (κ1) is 13.7. The molecule has 0 bridgehead atoms. The summed E-state index contributed by atoms with van der Waals surface area (Å²) in [4.78, 5) is 1.93. The van der Waals surface area contributed by atoms with E-state index in [0.29, 0.717) is 38.4 Å². The molecule has 0 aliphatic carbocycles. The molecule has 1 heterocycles. The minimum Gasteiger partial charge on any atom is -0.379 e. The van der Waals surface area contributed by atoms with Crippen molar-refractivity contribution in [3.05, 3.63) is 29.6 Å². The van der Waals surface area contributed by atoms with Crippen LogP contribution < -0.4 is 0 Å². The van der Waals surface area contributed by atoms with Gasteiger partial charge in [0, 0.05) is 35.9 Å². The van der Waals surface area contributed by atoms with E-state index in [1.54, 1.807) is 0 Å². The molecule has 0 N–H and O–H groups in total. The van der Waals surface area contributed by atoms with Crippen molar-refractivity contribution in [1.82, 2.24) is 4.90 Å². The van der Waals surface area contributed by atoms with Crippen LogP contribution in [0.15, 0.2) is 23.1 Å². The topological polar surface area (TPSA) is 46.6 Å². The van der Waals surface area contributed by atoms with Gasteiger partial charge < -0.3 is 4.74 Å². The van der Waals surface area contributed by atoms with Gasteiger partial charge in [-0.3, -0.25) is 4.90 Å². The van der Waals surface area contributed by atoms with Crippen LogP contribution in [0.4, 0.5) is 4.39 Å². The van der Waals surface area contributed by atoms with Gasteiger partial charge in [-0.15, -0.1) is 0 Å². The maximum Gasteiger partial charge on any atom is 0.261 e. The monoisotopic (exact) mass is 293 g/mol. The van der Waals surface area contributed by atoms with Crippen LogP contribution in [0.1, 0.15) is 5.56 Å². The summed E-state index contributed by atoms with van der Waals surface area (Å²) in [6, 6.07) is 3.58. The number of ether oxygens (including phenoxy) is 1. The van der Waals surface area contributed by atoms with Crippen molar-refractivity contribution >= 4 is 19.7 Å². The van der Waals surface area contributed by atoms with Crippen LogP contribution in [0, 0.1) is 5.82 Å². The maximum atomic E-state index is 13.6. The number of morpholine rings is 1. The molecule has 18 heavy (non-hydrogen) atoms. The molecule has 0 radical (unpaired) electrons. The van der Waals surface area contributed by atoms with E-state index in [1.807, 2.05) is 4.90 Å². The largest absolute Gasteiger partial charge is 0.379 e. The van der Waals surface area contributed by atoms with E-state index in [-0.39, 0.29) is 4.90 Å². The minimum absolute atomic E-state index is 0.0752. The number of halogens is 2. The summed E-state index contributed by atoms with van der Waals surface area (Å²) in [5, 5.41) is 0. The third-order valence-corrected chi connectivity index (χ3v) is 4.15. The molecule has 0 spiro atoms. The van der Waals surface area contributed by atoms with E-state index >= 15 is 0 Å². The molecule has 0 aromatic heterocycles. The predicted octanol–water partition coefficient (Wildman–Crippen LogP) is 1.59. The van der Waals surface area contributed by atoms with E-state index in [1.165, 1.54) is 12.1 Å². The molecular weight excluding hydrogens is 281 g/mol. The smallest absolute Gasteiger partial charge is 0.261 e. The number of nitrogens with zero attached hydrogens (tertiary/aromatic N) is 1. The Bertz CT molecular complexity index is 529. The van der Waals surface area contributed by atoms with Gasteiger partial charge in [0.15, 0.2) is 0 Å². The first-order chi connectivity index (χ1) is 8.47. The molecule has 0 amide bonds. The standard InChI is InChI=1S/C11H13ClFNO3S/c12-18(15,16)10-1-2-11(13)9(7-10)8-14-3-5-17-6-4-14/h1-2,7H,3-6,8H2. The molecular formula is C11H13ClFNO3S. The number of hydrogen-bond donors (Lipinski definition) is 0. The van der Waals surface area contributed by atoms with Gasteiger partial charge in [0.2, 0.25) is 0 Å². The lowest BCUT2D eigenvalue weighted by Gasteiger charge is -2.26. The maximum absolute atomic E-state index is 13.6. The summed E-state index contributed by atoms with van der Waals surface area (Å²) < 4.78 is 41.2. The summed E-state index contributed by atoms with van der Waals surface area (Å²) in [7, 11) is 1.42. The summed E-state index contributed by atoms with van der Waals surface area (Å²) in [5.41, 5.74) is 0.332. The van der Waals surface area contributed by atoms with E-state index < -0.39 is 14.9 Å². The van der Waals surface area contributed by atoms with Crippen LogP contribution in [-0.2, 0) is 20.3 Å². The Balaban J connectivity index is 2.21. The van der Waals surface area contributed by atoms with Gasteiger partial charge in [0.05, 0.1) is 18.1 Å². The fraction of sp³-hybridized carbons (Fsp3) is 0.455. The van der Waals surface area contributed by atoms with Gasteiger partial charge in [-0.25, -0.2) is 12.8 Å². The third-order valence-electron chi connectivity index (χ3n) is 2.80. The summed E-state index contributed by atoms with van der Waals surface area (Å²) in [6.45, 7) is 2.98. The van der Waals surface area contributed by atoms with E-state index in [4.69, 9.17) is 15.4 Å². The number of benzene rings is 1. The summed E-state index contributed by atoms with van der Waals surface area (Å²) in [5.74, 6) is -0.425. The van der Waals surface area contributed by atoms with Crippen molar-refractivity contribution < 1.29 is 17.5 Å². The highest BCUT2D eigenvalue weighted by Gasteiger charge is 2.16. The van der Waals surface area contributed by atoms with E-state index in [2.05, 4.69) is 0 Å². The molecule has 0 saturated carbocycles. The van der Waals surface area contributed by atoms with Gasteiger partial charge in [0.1, 0.15) is 5.82 Å². The van der Waals surface area contributed by atoms with Crippen LogP contribution >= 0.6 is 10.7 Å². The number of rotatable bonds is 3. The lowest BCUT2D eigenvalue weighted by molar-refractivity contribution is 0.0337. The average Bonchev–Trinajstić information content (AvgIpc) is 2.32. The molecule has 100 valence electrons. The highest BCUT2D eigenvalue weighted by atomic mass is 35.7. The van der Waals surface area contributed by atoms with E-state index in [0.717, 1.165) is 6.07 Å². The van der Waals surface area contributed by atoms with Crippen LogP contribution in [0.5, 0.6) is 0 Å². The molecule has 1 saturated heterocycles. The summed E-state index contributed by atoms with van der Waals surface area (Å²) in [6.07, 6.45) is 0. The zero-order chi connectivity index (χ0) is 13.2. The second kappa shape index (κ2) is 5.52. The molecule has 1 aliphatic heterocycles. The molecule has 1 fully saturated rings. The fourth-order valence-corrected chi connectivity index (χ4v) is 2.63. The number of hydrogen-bond acceptors (Lipinski definition) is 4. The Morgan fingerprint density at radius 2 is 2.00 bits per heavy atom. The third kappa shape index (κ3) is 3.41. The lowest BCUT2D eigenvalue weighted by atomic mass is 10.2. The molecule has 0 unspecified atom stereocenters. The van der Waals surface area contributed by atoms with Crippen molar-refractivity contribution in [1.29, 1.82) is 0 Å². The van der Waals surface area contributed by atoms with Gasteiger partial charge >= 0.3 is 0 Å². The summed E-state index contributed by atoms with van der Waals surface area (Å²) >= 11 is 0. The normalized spacial score (nSPS) is 17.9. The lowest BCUT2D eigenvalue weighted by Crippen LogP contribution is -2.35. The minimum atomic E-state index is -3.82. The zero-order valence-electron chi connectivity index (χ0n) is 9.60. The molecule has 0 atom stereocenters. The SMILES string of the molecule is O=S(=O)(Cl)c1ccc(F)c(CN2CCOCC2)c1. The van der Waals surface area contributed by atoms with E-state index in [9.17, 15) is 12.8 Å². The molecule has 1 aromatic carbocycles. The first-order valence-corrected chi connectivity index (χ1v) is 7.81. The Kier molecular flexibility index (Phi) is 4.21. The zero-order valence-corrected chi connectivity index (χ0v) is 11.2. The first-order valence-electron chi connectivity index (χ1n) is 5.50.